The standard InChI is InChI=1S/C20H20ClFN4S/c1-12-7-9-15(10-8-12)23-20(27)24-19-13(2)25-26(14(19)3)11-16-17(21)5-4-6-18(16)22/h4-10H,11H2,1-3H3,(H2,23,24,27). The van der Waals surface area contributed by atoms with Gasteiger partial charge in [-0.2, -0.15) is 5.10 Å². The maximum atomic E-state index is 14.1. The molecule has 140 valence electrons. The Labute approximate surface area is 168 Å². The first-order valence-electron chi connectivity index (χ1n) is 8.46. The summed E-state index contributed by atoms with van der Waals surface area (Å²) in [6.45, 7) is 6.07. The highest BCUT2D eigenvalue weighted by molar-refractivity contribution is 7.80. The van der Waals surface area contributed by atoms with Crippen molar-refractivity contribution in [1.29, 1.82) is 0 Å². The Morgan fingerprint density at radius 2 is 1.81 bits per heavy atom. The lowest BCUT2D eigenvalue weighted by atomic mass is 10.2. The fourth-order valence-corrected chi connectivity index (χ4v) is 3.22. The number of rotatable bonds is 4. The van der Waals surface area contributed by atoms with Crippen molar-refractivity contribution >= 4 is 40.3 Å². The van der Waals surface area contributed by atoms with Crippen LogP contribution in [0.15, 0.2) is 42.5 Å². The van der Waals surface area contributed by atoms with Crippen LogP contribution in [0.1, 0.15) is 22.5 Å². The summed E-state index contributed by atoms with van der Waals surface area (Å²) in [5, 5.41) is 11.7. The Hall–Kier alpha value is -2.44. The van der Waals surface area contributed by atoms with Crippen LogP contribution in [0.2, 0.25) is 5.02 Å². The van der Waals surface area contributed by atoms with Crippen LogP contribution < -0.4 is 10.6 Å². The van der Waals surface area contributed by atoms with E-state index in [4.69, 9.17) is 23.8 Å². The molecule has 7 heteroatoms. The van der Waals surface area contributed by atoms with Crippen molar-refractivity contribution in [2.45, 2.75) is 27.3 Å². The first-order chi connectivity index (χ1) is 12.8. The van der Waals surface area contributed by atoms with E-state index in [0.29, 0.717) is 15.7 Å². The maximum Gasteiger partial charge on any atom is 0.175 e. The third kappa shape index (κ3) is 4.46. The lowest BCUT2D eigenvalue weighted by Crippen LogP contribution is -2.20. The molecule has 0 spiro atoms. The Balaban J connectivity index is 1.77. The van der Waals surface area contributed by atoms with Crippen molar-refractivity contribution < 1.29 is 4.39 Å². The SMILES string of the molecule is Cc1ccc(NC(=S)Nc2c(C)nn(Cc3c(F)cccc3Cl)c2C)cc1. The Kier molecular flexibility index (Phi) is 5.77. The maximum absolute atomic E-state index is 14.1. The zero-order chi connectivity index (χ0) is 19.6. The highest BCUT2D eigenvalue weighted by Gasteiger charge is 2.15. The number of aromatic nitrogens is 2. The van der Waals surface area contributed by atoms with Crippen molar-refractivity contribution in [1.82, 2.24) is 9.78 Å². The number of aryl methyl sites for hydroxylation is 2. The number of anilines is 2. The lowest BCUT2D eigenvalue weighted by molar-refractivity contribution is 0.579. The molecule has 0 saturated heterocycles. The van der Waals surface area contributed by atoms with Gasteiger partial charge in [0.2, 0.25) is 0 Å². The molecule has 4 nitrogen and oxygen atoms in total. The molecule has 2 aromatic carbocycles. The molecule has 2 N–H and O–H groups in total. The molecule has 1 heterocycles. The first-order valence-corrected chi connectivity index (χ1v) is 9.25. The third-order valence-electron chi connectivity index (χ3n) is 4.30. The second-order valence-electron chi connectivity index (χ2n) is 6.35. The molecule has 0 aliphatic carbocycles. The Morgan fingerprint density at radius 1 is 1.11 bits per heavy atom. The van der Waals surface area contributed by atoms with Gasteiger partial charge < -0.3 is 10.6 Å². The minimum Gasteiger partial charge on any atom is -0.332 e. The van der Waals surface area contributed by atoms with E-state index < -0.39 is 0 Å². The van der Waals surface area contributed by atoms with E-state index in [2.05, 4.69) is 15.7 Å². The molecular formula is C20H20ClFN4S. The van der Waals surface area contributed by atoms with E-state index in [1.807, 2.05) is 45.0 Å². The predicted octanol–water partition coefficient (Wildman–Crippen LogP) is 5.46. The number of nitrogens with zero attached hydrogens (tertiary/aromatic N) is 2. The zero-order valence-electron chi connectivity index (χ0n) is 15.3. The Bertz CT molecular complexity index is 962. The van der Waals surface area contributed by atoms with Gasteiger partial charge in [0.1, 0.15) is 5.82 Å². The summed E-state index contributed by atoms with van der Waals surface area (Å²) in [6.07, 6.45) is 0. The Morgan fingerprint density at radius 3 is 2.48 bits per heavy atom. The van der Waals surface area contributed by atoms with Crippen LogP contribution in [0.25, 0.3) is 0 Å². The fourth-order valence-electron chi connectivity index (χ4n) is 2.78. The fraction of sp³-hybridized carbons (Fsp3) is 0.200. The van der Waals surface area contributed by atoms with Gasteiger partial charge in [-0.1, -0.05) is 35.4 Å². The summed E-state index contributed by atoms with van der Waals surface area (Å²) in [5.74, 6) is -0.346. The number of nitrogens with one attached hydrogen (secondary N) is 2. The number of hydrogen-bond donors (Lipinski definition) is 2. The van der Waals surface area contributed by atoms with Crippen LogP contribution in [0.4, 0.5) is 15.8 Å². The molecule has 0 aliphatic rings. The van der Waals surface area contributed by atoms with Gasteiger partial charge in [0, 0.05) is 16.3 Å². The third-order valence-corrected chi connectivity index (χ3v) is 4.86. The molecule has 0 unspecified atom stereocenters. The number of hydrogen-bond acceptors (Lipinski definition) is 2. The highest BCUT2D eigenvalue weighted by Crippen LogP contribution is 2.24. The predicted molar refractivity (Wildman–Crippen MR) is 113 cm³/mol. The van der Waals surface area contributed by atoms with Gasteiger partial charge in [-0.3, -0.25) is 4.68 Å². The monoisotopic (exact) mass is 402 g/mol. The van der Waals surface area contributed by atoms with Gasteiger partial charge >= 0.3 is 0 Å². The van der Waals surface area contributed by atoms with Crippen LogP contribution in [0, 0.1) is 26.6 Å². The number of thiocarbonyl (C=S) groups is 1. The van der Waals surface area contributed by atoms with Crippen molar-refractivity contribution in [3.63, 3.8) is 0 Å². The van der Waals surface area contributed by atoms with Gasteiger partial charge in [0.15, 0.2) is 5.11 Å². The van der Waals surface area contributed by atoms with Crippen LogP contribution >= 0.6 is 23.8 Å². The molecular weight excluding hydrogens is 383 g/mol. The molecule has 3 rings (SSSR count). The van der Waals surface area contributed by atoms with Crippen molar-refractivity contribution in [3.05, 3.63) is 75.8 Å². The normalized spacial score (nSPS) is 10.7. The summed E-state index contributed by atoms with van der Waals surface area (Å²) >= 11 is 11.5. The minimum absolute atomic E-state index is 0.248. The number of benzene rings is 2. The van der Waals surface area contributed by atoms with Crippen LogP contribution in [-0.4, -0.2) is 14.9 Å². The molecule has 0 radical (unpaired) electrons. The van der Waals surface area contributed by atoms with E-state index >= 15 is 0 Å². The van der Waals surface area contributed by atoms with E-state index in [1.165, 1.54) is 11.6 Å². The largest absolute Gasteiger partial charge is 0.332 e. The van der Waals surface area contributed by atoms with Gasteiger partial charge in [-0.25, -0.2) is 4.39 Å². The van der Waals surface area contributed by atoms with Gasteiger partial charge in [0.05, 0.1) is 23.6 Å². The van der Waals surface area contributed by atoms with Crippen molar-refractivity contribution in [2.24, 2.45) is 0 Å². The summed E-state index contributed by atoms with van der Waals surface area (Å²) in [7, 11) is 0. The van der Waals surface area contributed by atoms with E-state index in [-0.39, 0.29) is 12.4 Å². The summed E-state index contributed by atoms with van der Waals surface area (Å²) in [4.78, 5) is 0. The van der Waals surface area contributed by atoms with Crippen LogP contribution in [-0.2, 0) is 6.54 Å². The summed E-state index contributed by atoms with van der Waals surface area (Å²) in [6, 6.07) is 12.6. The first kappa shape index (κ1) is 19.3. The molecule has 0 saturated carbocycles. The zero-order valence-corrected chi connectivity index (χ0v) is 16.9. The van der Waals surface area contributed by atoms with Crippen LogP contribution in [0.5, 0.6) is 0 Å². The summed E-state index contributed by atoms with van der Waals surface area (Å²) < 4.78 is 15.8. The second-order valence-corrected chi connectivity index (χ2v) is 7.16. The second kappa shape index (κ2) is 8.06. The van der Waals surface area contributed by atoms with Crippen LogP contribution in [0.3, 0.4) is 0 Å². The molecule has 0 amide bonds. The molecule has 27 heavy (non-hydrogen) atoms. The molecule has 0 fully saturated rings. The van der Waals surface area contributed by atoms with Gasteiger partial charge in [0.25, 0.3) is 0 Å². The number of halogens is 2. The molecule has 0 bridgehead atoms. The lowest BCUT2D eigenvalue weighted by Gasteiger charge is -2.12. The molecule has 0 atom stereocenters. The van der Waals surface area contributed by atoms with Gasteiger partial charge in [-0.05, 0) is 57.3 Å². The quantitative estimate of drug-likeness (QED) is 0.569. The van der Waals surface area contributed by atoms with Crippen molar-refractivity contribution in [2.75, 3.05) is 10.6 Å². The molecule has 0 aliphatic heterocycles. The smallest absolute Gasteiger partial charge is 0.175 e. The summed E-state index contributed by atoms with van der Waals surface area (Å²) in [5.41, 5.74) is 4.91. The van der Waals surface area contributed by atoms with E-state index in [1.54, 1.807) is 16.8 Å². The average Bonchev–Trinajstić information content (AvgIpc) is 2.88. The average molecular weight is 403 g/mol. The minimum atomic E-state index is -0.346. The van der Waals surface area contributed by atoms with E-state index in [9.17, 15) is 4.39 Å². The topological polar surface area (TPSA) is 41.9 Å². The van der Waals surface area contributed by atoms with E-state index in [0.717, 1.165) is 22.8 Å². The van der Waals surface area contributed by atoms with Gasteiger partial charge in [-0.15, -0.1) is 0 Å². The molecule has 3 aromatic rings. The highest BCUT2D eigenvalue weighted by atomic mass is 35.5. The molecule has 1 aromatic heterocycles. The van der Waals surface area contributed by atoms with Crippen molar-refractivity contribution in [3.8, 4) is 0 Å².